The molecule has 154 valence electrons. The number of rotatable bonds is 8. The molecule has 9 heteroatoms. The molecule has 28 heavy (non-hydrogen) atoms. The summed E-state index contributed by atoms with van der Waals surface area (Å²) >= 11 is 6.18. The van der Waals surface area contributed by atoms with E-state index in [2.05, 4.69) is 15.8 Å². The van der Waals surface area contributed by atoms with E-state index in [0.29, 0.717) is 28.7 Å². The molecule has 0 aliphatic heterocycles. The van der Waals surface area contributed by atoms with Gasteiger partial charge < -0.3 is 19.6 Å². The van der Waals surface area contributed by atoms with Gasteiger partial charge in [0, 0.05) is 11.6 Å². The number of carbonyl (C=O) groups excluding carboxylic acids is 2. The highest BCUT2D eigenvalue weighted by Gasteiger charge is 2.17. The Balaban J connectivity index is 1.78. The van der Waals surface area contributed by atoms with Crippen molar-refractivity contribution in [1.29, 1.82) is 0 Å². The normalized spacial score (nSPS) is 14.5. The fourth-order valence-corrected chi connectivity index (χ4v) is 3.20. The van der Waals surface area contributed by atoms with Crippen LogP contribution in [-0.2, 0) is 9.63 Å². The molecule has 0 atom stereocenters. The molecular formula is C19H26ClN3O5. The number of oxime groups is 1. The topological polar surface area (TPSA) is 98.3 Å². The molecule has 0 aromatic heterocycles. The van der Waals surface area contributed by atoms with Crippen molar-refractivity contribution in [3.05, 3.63) is 22.7 Å². The van der Waals surface area contributed by atoms with E-state index in [4.69, 9.17) is 25.9 Å². The minimum absolute atomic E-state index is 0.125. The average Bonchev–Trinajstić information content (AvgIpc) is 2.67. The summed E-state index contributed by atoms with van der Waals surface area (Å²) in [6, 6.07) is 2.94. The number of benzene rings is 1. The number of hydrogen-bond donors (Lipinski definition) is 2. The van der Waals surface area contributed by atoms with E-state index in [1.54, 1.807) is 12.1 Å². The molecule has 1 aromatic rings. The number of carbonyl (C=O) groups is 2. The van der Waals surface area contributed by atoms with Crippen LogP contribution < -0.4 is 20.1 Å². The van der Waals surface area contributed by atoms with Crippen molar-refractivity contribution >= 4 is 29.8 Å². The lowest BCUT2D eigenvalue weighted by Crippen LogP contribution is -2.46. The van der Waals surface area contributed by atoms with Crippen molar-refractivity contribution in [2.24, 2.45) is 5.16 Å². The first-order valence-corrected chi connectivity index (χ1v) is 9.67. The number of halogens is 1. The van der Waals surface area contributed by atoms with Gasteiger partial charge in [0.2, 0.25) is 0 Å². The lowest BCUT2D eigenvalue weighted by molar-refractivity contribution is -0.124. The molecule has 8 nitrogen and oxygen atoms in total. The van der Waals surface area contributed by atoms with E-state index >= 15 is 0 Å². The lowest BCUT2D eigenvalue weighted by Gasteiger charge is -2.22. The lowest BCUT2D eigenvalue weighted by atomic mass is 9.96. The van der Waals surface area contributed by atoms with E-state index < -0.39 is 11.9 Å². The predicted octanol–water partition coefficient (Wildman–Crippen LogP) is 3.26. The van der Waals surface area contributed by atoms with Gasteiger partial charge in [0.25, 0.3) is 5.91 Å². The summed E-state index contributed by atoms with van der Waals surface area (Å²) in [5.41, 5.74) is 0.612. The number of imide groups is 1. The number of methoxy groups -OCH3 is 1. The van der Waals surface area contributed by atoms with Gasteiger partial charge in [-0.1, -0.05) is 36.0 Å². The van der Waals surface area contributed by atoms with Crippen LogP contribution in [0.1, 0.15) is 44.6 Å². The fourth-order valence-electron chi connectivity index (χ4n) is 2.92. The van der Waals surface area contributed by atoms with Crippen LogP contribution in [0.25, 0.3) is 0 Å². The monoisotopic (exact) mass is 411 g/mol. The summed E-state index contributed by atoms with van der Waals surface area (Å²) in [6.45, 7) is 1.92. The third kappa shape index (κ3) is 6.92. The van der Waals surface area contributed by atoms with Crippen LogP contribution in [0.5, 0.6) is 11.5 Å². The molecule has 2 N–H and O–H groups in total. The van der Waals surface area contributed by atoms with Gasteiger partial charge in [-0.15, -0.1) is 0 Å². The Morgan fingerprint density at radius 2 is 2.04 bits per heavy atom. The van der Waals surface area contributed by atoms with Crippen LogP contribution in [0, 0.1) is 0 Å². The Hall–Kier alpha value is -2.48. The zero-order valence-corrected chi connectivity index (χ0v) is 16.9. The van der Waals surface area contributed by atoms with E-state index in [9.17, 15) is 9.59 Å². The summed E-state index contributed by atoms with van der Waals surface area (Å²) in [5.74, 6) is 0.341. The maximum absolute atomic E-state index is 11.8. The maximum Gasteiger partial charge on any atom is 0.321 e. The minimum Gasteiger partial charge on any atom is -0.493 e. The molecule has 1 aliphatic rings. The number of ether oxygens (including phenoxy) is 2. The molecule has 1 aliphatic carbocycles. The predicted molar refractivity (Wildman–Crippen MR) is 106 cm³/mol. The van der Waals surface area contributed by atoms with Gasteiger partial charge >= 0.3 is 6.03 Å². The van der Waals surface area contributed by atoms with E-state index in [1.165, 1.54) is 19.7 Å². The summed E-state index contributed by atoms with van der Waals surface area (Å²) in [7, 11) is 1.51. The highest BCUT2D eigenvalue weighted by molar-refractivity contribution is 6.32. The molecule has 0 radical (unpaired) electrons. The van der Waals surface area contributed by atoms with Gasteiger partial charge in [-0.2, -0.15) is 0 Å². The second-order valence-corrected chi connectivity index (χ2v) is 6.74. The Labute approximate surface area is 169 Å². The van der Waals surface area contributed by atoms with Crippen LogP contribution in [0.3, 0.4) is 0 Å². The van der Waals surface area contributed by atoms with Crippen LogP contribution in [0.4, 0.5) is 4.79 Å². The first-order valence-electron chi connectivity index (χ1n) is 9.29. The fraction of sp³-hybridized carbons (Fsp3) is 0.526. The Kier molecular flexibility index (Phi) is 8.87. The SMILES string of the molecule is CCOc1c(Cl)cc(/C=N\OCC(=O)NC(=O)NC2CCCCC2)cc1OC. The Morgan fingerprint density at radius 1 is 1.29 bits per heavy atom. The standard InChI is InChI=1S/C19H26ClN3O5/c1-3-27-18-15(20)9-13(10-16(18)26-2)11-21-28-12-17(24)23-19(25)22-14-7-5-4-6-8-14/h9-11,14H,3-8,12H2,1-2H3,(H2,22,23,24,25)/b21-11-. The third-order valence-corrected chi connectivity index (χ3v) is 4.49. The van der Waals surface area contributed by atoms with Crippen LogP contribution in [0.15, 0.2) is 17.3 Å². The van der Waals surface area contributed by atoms with Crippen molar-refractivity contribution in [2.75, 3.05) is 20.3 Å². The van der Waals surface area contributed by atoms with Crippen LogP contribution in [0.2, 0.25) is 5.02 Å². The Bertz CT molecular complexity index is 705. The first kappa shape index (κ1) is 21.8. The van der Waals surface area contributed by atoms with Gasteiger partial charge in [0.15, 0.2) is 18.1 Å². The molecule has 1 saturated carbocycles. The molecule has 0 unspecified atom stereocenters. The molecular weight excluding hydrogens is 386 g/mol. The van der Waals surface area contributed by atoms with Gasteiger partial charge in [0.05, 0.1) is 25.0 Å². The Morgan fingerprint density at radius 3 is 2.71 bits per heavy atom. The van der Waals surface area contributed by atoms with E-state index in [0.717, 1.165) is 25.7 Å². The summed E-state index contributed by atoms with van der Waals surface area (Å²) in [5, 5.41) is 9.12. The van der Waals surface area contributed by atoms with E-state index in [1.807, 2.05) is 6.92 Å². The number of urea groups is 1. The van der Waals surface area contributed by atoms with Gasteiger partial charge in [-0.05, 0) is 31.9 Å². The smallest absolute Gasteiger partial charge is 0.321 e. The van der Waals surface area contributed by atoms with E-state index in [-0.39, 0.29) is 12.6 Å². The highest BCUT2D eigenvalue weighted by Crippen LogP contribution is 2.35. The molecule has 0 heterocycles. The second kappa shape index (κ2) is 11.4. The summed E-state index contributed by atoms with van der Waals surface area (Å²) in [6.07, 6.45) is 6.65. The number of nitrogens with one attached hydrogen (secondary N) is 2. The summed E-state index contributed by atoms with van der Waals surface area (Å²) < 4.78 is 10.7. The van der Waals surface area contributed by atoms with Gasteiger partial charge in [0.1, 0.15) is 0 Å². The molecule has 0 spiro atoms. The van der Waals surface area contributed by atoms with Gasteiger partial charge in [-0.25, -0.2) is 4.79 Å². The van der Waals surface area contributed by atoms with Crippen molar-refractivity contribution in [3.63, 3.8) is 0 Å². The van der Waals surface area contributed by atoms with Crippen LogP contribution in [-0.4, -0.2) is 44.5 Å². The number of nitrogens with zero attached hydrogens (tertiary/aromatic N) is 1. The number of amides is 3. The van der Waals surface area contributed by atoms with Crippen molar-refractivity contribution < 1.29 is 23.9 Å². The molecule has 2 rings (SSSR count). The largest absolute Gasteiger partial charge is 0.493 e. The molecule has 1 fully saturated rings. The summed E-state index contributed by atoms with van der Waals surface area (Å²) in [4.78, 5) is 28.5. The second-order valence-electron chi connectivity index (χ2n) is 6.33. The zero-order chi connectivity index (χ0) is 20.4. The highest BCUT2D eigenvalue weighted by atomic mass is 35.5. The van der Waals surface area contributed by atoms with Gasteiger partial charge in [-0.3, -0.25) is 10.1 Å². The molecule has 1 aromatic carbocycles. The van der Waals surface area contributed by atoms with Crippen molar-refractivity contribution in [2.45, 2.75) is 45.1 Å². The minimum atomic E-state index is -0.576. The van der Waals surface area contributed by atoms with Crippen molar-refractivity contribution in [1.82, 2.24) is 10.6 Å². The average molecular weight is 412 g/mol. The maximum atomic E-state index is 11.8. The zero-order valence-electron chi connectivity index (χ0n) is 16.1. The van der Waals surface area contributed by atoms with Crippen molar-refractivity contribution in [3.8, 4) is 11.5 Å². The molecule has 0 saturated heterocycles. The molecule has 3 amide bonds. The third-order valence-electron chi connectivity index (χ3n) is 4.21. The first-order chi connectivity index (χ1) is 13.5. The molecule has 0 bridgehead atoms. The number of hydrogen-bond acceptors (Lipinski definition) is 6. The quantitative estimate of drug-likeness (QED) is 0.505. The van der Waals surface area contributed by atoms with Crippen LogP contribution >= 0.6 is 11.6 Å².